The Morgan fingerprint density at radius 1 is 1.06 bits per heavy atom. The minimum atomic E-state index is -1.82. The van der Waals surface area contributed by atoms with Crippen LogP contribution < -0.4 is 9.64 Å². The van der Waals surface area contributed by atoms with Crippen LogP contribution in [-0.2, 0) is 22.6 Å². The fourth-order valence-corrected chi connectivity index (χ4v) is 2.94. The molecule has 0 saturated carbocycles. The Labute approximate surface area is 191 Å². The number of hydrogen-bond donors (Lipinski definition) is 2. The molecule has 0 aliphatic rings. The molecule has 0 amide bonds. The number of imidazole rings is 1. The number of aryl methyl sites for hydroxylation is 1. The summed E-state index contributed by atoms with van der Waals surface area (Å²) < 4.78 is 8.33. The molecule has 0 saturated heterocycles. The summed E-state index contributed by atoms with van der Waals surface area (Å²) in [5, 5.41) is 15.5. The third-order valence-electron chi connectivity index (χ3n) is 4.48. The quantitative estimate of drug-likeness (QED) is 0.493. The first-order valence-electron chi connectivity index (χ1n) is 9.85. The van der Waals surface area contributed by atoms with E-state index in [1.165, 1.54) is 5.56 Å². The molecule has 32 heavy (non-hydrogen) atoms. The topological polar surface area (TPSA) is 105 Å². The average Bonchev–Trinajstić information content (AvgIpc) is 3.27. The van der Waals surface area contributed by atoms with Gasteiger partial charge in [-0.15, -0.1) is 0 Å². The van der Waals surface area contributed by atoms with Crippen molar-refractivity contribution in [3.8, 4) is 5.75 Å². The smallest absolute Gasteiger partial charge is 0.414 e. The third kappa shape index (κ3) is 8.69. The molecule has 8 nitrogen and oxygen atoms in total. The van der Waals surface area contributed by atoms with E-state index in [4.69, 9.17) is 36.1 Å². The van der Waals surface area contributed by atoms with Gasteiger partial charge in [0.05, 0.1) is 12.9 Å². The van der Waals surface area contributed by atoms with Gasteiger partial charge in [0, 0.05) is 37.2 Å². The molecule has 1 unspecified atom stereocenters. The predicted molar refractivity (Wildman–Crippen MR) is 122 cm³/mol. The van der Waals surface area contributed by atoms with Crippen LogP contribution in [0, 0.1) is 0 Å². The van der Waals surface area contributed by atoms with Gasteiger partial charge in [-0.3, -0.25) is 0 Å². The van der Waals surface area contributed by atoms with E-state index >= 15 is 0 Å². The minimum Gasteiger partial charge on any atom is -0.489 e. The fourth-order valence-electron chi connectivity index (χ4n) is 2.81. The molecular formula is C23H26ClN3O5. The number of nitrogens with zero attached hydrogens (tertiary/aromatic N) is 3. The Bertz CT molecular complexity index is 962. The fraction of sp³-hybridized carbons (Fsp3) is 0.261. The highest BCUT2D eigenvalue weighted by Crippen LogP contribution is 2.21. The van der Waals surface area contributed by atoms with E-state index in [0.29, 0.717) is 0 Å². The second-order valence-corrected chi connectivity index (χ2v) is 7.60. The molecule has 9 heteroatoms. The van der Waals surface area contributed by atoms with E-state index in [0.717, 1.165) is 35.8 Å². The Balaban J connectivity index is 0.000000534. The normalized spacial score (nSPS) is 11.1. The van der Waals surface area contributed by atoms with Gasteiger partial charge >= 0.3 is 11.9 Å². The van der Waals surface area contributed by atoms with Gasteiger partial charge in [0.15, 0.2) is 0 Å². The lowest BCUT2D eigenvalue weighted by atomic mass is 10.1. The largest absolute Gasteiger partial charge is 0.489 e. The van der Waals surface area contributed by atoms with Crippen LogP contribution in [0.2, 0.25) is 5.02 Å². The monoisotopic (exact) mass is 459 g/mol. The number of hydrogen-bond acceptors (Lipinski definition) is 5. The number of carbonyl (C=O) groups is 2. The number of benzene rings is 2. The Hall–Kier alpha value is -3.52. The Kier molecular flexibility index (Phi) is 9.56. The maximum Gasteiger partial charge on any atom is 0.414 e. The van der Waals surface area contributed by atoms with Crippen LogP contribution in [-0.4, -0.2) is 51.9 Å². The van der Waals surface area contributed by atoms with Gasteiger partial charge in [-0.25, -0.2) is 14.6 Å². The standard InChI is InChI=1S/C21H24ClN3O.C2H2O4/c1-24(2)19-8-11-20(12-9-19)26-21(15-25-14-13-23-16-25)10-5-17-3-6-18(22)7-4-17;3-1(4)2(5)6/h3-4,6-9,11-14,16,21H,5,10,15H2,1-2H3;(H,3,4)(H,5,6). The highest BCUT2D eigenvalue weighted by Gasteiger charge is 2.12. The summed E-state index contributed by atoms with van der Waals surface area (Å²) in [5.41, 5.74) is 2.42. The molecule has 1 heterocycles. The molecule has 2 N–H and O–H groups in total. The van der Waals surface area contributed by atoms with Crippen molar-refractivity contribution in [3.63, 3.8) is 0 Å². The van der Waals surface area contributed by atoms with Crippen LogP contribution >= 0.6 is 11.6 Å². The van der Waals surface area contributed by atoms with Crippen molar-refractivity contribution in [2.24, 2.45) is 0 Å². The summed E-state index contributed by atoms with van der Waals surface area (Å²) in [7, 11) is 4.06. The predicted octanol–water partition coefficient (Wildman–Crippen LogP) is 3.84. The third-order valence-corrected chi connectivity index (χ3v) is 4.73. The number of anilines is 1. The molecule has 2 aromatic carbocycles. The van der Waals surface area contributed by atoms with Crippen molar-refractivity contribution < 1.29 is 24.5 Å². The molecule has 170 valence electrons. The van der Waals surface area contributed by atoms with Crippen LogP contribution in [0.15, 0.2) is 67.3 Å². The first kappa shape index (κ1) is 24.7. The molecule has 0 fully saturated rings. The van der Waals surface area contributed by atoms with Crippen molar-refractivity contribution in [2.45, 2.75) is 25.5 Å². The number of halogens is 1. The lowest BCUT2D eigenvalue weighted by molar-refractivity contribution is -0.159. The molecule has 0 aliphatic heterocycles. The number of ether oxygens (including phenoxy) is 1. The average molecular weight is 460 g/mol. The van der Waals surface area contributed by atoms with Crippen LogP contribution in [0.5, 0.6) is 5.75 Å². The second-order valence-electron chi connectivity index (χ2n) is 7.16. The summed E-state index contributed by atoms with van der Waals surface area (Å²) in [6, 6.07) is 16.2. The highest BCUT2D eigenvalue weighted by atomic mass is 35.5. The van der Waals surface area contributed by atoms with Gasteiger partial charge in [0.2, 0.25) is 0 Å². The van der Waals surface area contributed by atoms with Gasteiger partial charge < -0.3 is 24.4 Å². The van der Waals surface area contributed by atoms with E-state index in [2.05, 4.69) is 38.7 Å². The molecule has 0 bridgehead atoms. The number of carboxylic acid groups (broad SMARTS) is 2. The summed E-state index contributed by atoms with van der Waals surface area (Å²) in [6.45, 7) is 0.767. The molecule has 3 rings (SSSR count). The summed E-state index contributed by atoms with van der Waals surface area (Å²) in [6.07, 6.45) is 7.50. The van der Waals surface area contributed by atoms with E-state index in [1.807, 2.05) is 50.9 Å². The summed E-state index contributed by atoms with van der Waals surface area (Å²) in [4.78, 5) is 24.4. The molecule has 3 aromatic rings. The lowest BCUT2D eigenvalue weighted by Crippen LogP contribution is -2.23. The van der Waals surface area contributed by atoms with Crippen LogP contribution in [0.25, 0.3) is 0 Å². The molecule has 0 aliphatic carbocycles. The van der Waals surface area contributed by atoms with Crippen LogP contribution in [0.4, 0.5) is 5.69 Å². The van der Waals surface area contributed by atoms with Crippen LogP contribution in [0.3, 0.4) is 0 Å². The number of aromatic nitrogens is 2. The first-order chi connectivity index (χ1) is 15.2. The zero-order chi connectivity index (χ0) is 23.5. The van der Waals surface area contributed by atoms with Crippen molar-refractivity contribution in [1.82, 2.24) is 9.55 Å². The summed E-state index contributed by atoms with van der Waals surface area (Å²) >= 11 is 5.97. The van der Waals surface area contributed by atoms with E-state index in [9.17, 15) is 0 Å². The lowest BCUT2D eigenvalue weighted by Gasteiger charge is -2.21. The minimum absolute atomic E-state index is 0.0603. The highest BCUT2D eigenvalue weighted by molar-refractivity contribution is 6.30. The Morgan fingerprint density at radius 3 is 2.19 bits per heavy atom. The van der Waals surface area contributed by atoms with E-state index in [1.54, 1.807) is 6.20 Å². The Morgan fingerprint density at radius 2 is 1.69 bits per heavy atom. The van der Waals surface area contributed by atoms with Crippen molar-refractivity contribution in [3.05, 3.63) is 77.8 Å². The second kappa shape index (κ2) is 12.4. The molecule has 0 radical (unpaired) electrons. The van der Waals surface area contributed by atoms with Crippen molar-refractivity contribution in [1.29, 1.82) is 0 Å². The summed E-state index contributed by atoms with van der Waals surface area (Å²) in [5.74, 6) is -2.76. The van der Waals surface area contributed by atoms with Crippen molar-refractivity contribution in [2.75, 3.05) is 19.0 Å². The molecule has 1 atom stereocenters. The van der Waals surface area contributed by atoms with Gasteiger partial charge in [-0.1, -0.05) is 23.7 Å². The number of aliphatic carboxylic acids is 2. The van der Waals surface area contributed by atoms with E-state index < -0.39 is 11.9 Å². The zero-order valence-corrected chi connectivity index (χ0v) is 18.6. The van der Waals surface area contributed by atoms with Gasteiger partial charge in [-0.05, 0) is 54.8 Å². The van der Waals surface area contributed by atoms with E-state index in [-0.39, 0.29) is 6.10 Å². The molecule has 1 aromatic heterocycles. The number of rotatable bonds is 8. The molecule has 0 spiro atoms. The maximum atomic E-state index is 9.10. The number of carboxylic acids is 2. The molecular weight excluding hydrogens is 434 g/mol. The van der Waals surface area contributed by atoms with Crippen molar-refractivity contribution >= 4 is 29.2 Å². The first-order valence-corrected chi connectivity index (χ1v) is 10.2. The maximum absolute atomic E-state index is 9.10. The van der Waals surface area contributed by atoms with Crippen LogP contribution in [0.1, 0.15) is 12.0 Å². The zero-order valence-electron chi connectivity index (χ0n) is 17.9. The van der Waals surface area contributed by atoms with Gasteiger partial charge in [0.1, 0.15) is 11.9 Å². The van der Waals surface area contributed by atoms with Gasteiger partial charge in [0.25, 0.3) is 0 Å². The SMILES string of the molecule is CN(C)c1ccc(OC(CCc2ccc(Cl)cc2)Cn2ccnc2)cc1.O=C(O)C(=O)O. The van der Waals surface area contributed by atoms with Gasteiger partial charge in [-0.2, -0.15) is 0 Å².